The van der Waals surface area contributed by atoms with Gasteiger partial charge in [0.2, 0.25) is 11.7 Å². The van der Waals surface area contributed by atoms with Gasteiger partial charge in [0.05, 0.1) is 18.9 Å². The van der Waals surface area contributed by atoms with Gasteiger partial charge in [-0.05, 0) is 43.3 Å². The molecule has 2 aromatic carbocycles. The molecule has 28 heavy (non-hydrogen) atoms. The third-order valence-corrected chi connectivity index (χ3v) is 3.66. The standard InChI is InChI=1S/C19H20FN5O3/c1-3-27-15-8-9-17(28-4-2)16(11-15)21-18(26)12-25-23-19(22-24-25)13-6-5-7-14(20)10-13/h5-11H,3-4,12H2,1-2H3,(H,21,26). The highest BCUT2D eigenvalue weighted by Crippen LogP contribution is 2.29. The minimum atomic E-state index is -0.399. The summed E-state index contributed by atoms with van der Waals surface area (Å²) in [4.78, 5) is 13.6. The van der Waals surface area contributed by atoms with E-state index in [0.717, 1.165) is 4.80 Å². The molecule has 0 spiro atoms. The minimum Gasteiger partial charge on any atom is -0.494 e. The first-order chi connectivity index (χ1) is 13.6. The second-order valence-corrected chi connectivity index (χ2v) is 5.73. The van der Waals surface area contributed by atoms with E-state index in [1.165, 1.54) is 12.1 Å². The van der Waals surface area contributed by atoms with E-state index < -0.39 is 5.82 Å². The molecule has 0 aliphatic heterocycles. The molecule has 0 unspecified atom stereocenters. The van der Waals surface area contributed by atoms with Gasteiger partial charge in [0, 0.05) is 11.6 Å². The average molecular weight is 385 g/mol. The van der Waals surface area contributed by atoms with E-state index in [0.29, 0.717) is 36.0 Å². The molecule has 146 valence electrons. The Morgan fingerprint density at radius 2 is 1.96 bits per heavy atom. The van der Waals surface area contributed by atoms with Crippen molar-refractivity contribution in [3.63, 3.8) is 0 Å². The smallest absolute Gasteiger partial charge is 0.248 e. The van der Waals surface area contributed by atoms with E-state index in [-0.39, 0.29) is 18.3 Å². The summed E-state index contributed by atoms with van der Waals surface area (Å²) in [6.07, 6.45) is 0. The van der Waals surface area contributed by atoms with Gasteiger partial charge in [-0.1, -0.05) is 12.1 Å². The van der Waals surface area contributed by atoms with Crippen LogP contribution in [0.25, 0.3) is 11.4 Å². The van der Waals surface area contributed by atoms with Gasteiger partial charge in [0.1, 0.15) is 23.9 Å². The summed E-state index contributed by atoms with van der Waals surface area (Å²) in [5.74, 6) is 0.627. The lowest BCUT2D eigenvalue weighted by Gasteiger charge is -2.13. The molecule has 1 heterocycles. The number of aromatic nitrogens is 4. The Balaban J connectivity index is 1.71. The fraction of sp³-hybridized carbons (Fsp3) is 0.263. The van der Waals surface area contributed by atoms with Crippen molar-refractivity contribution in [3.05, 3.63) is 48.3 Å². The number of anilines is 1. The normalized spacial score (nSPS) is 10.5. The summed E-state index contributed by atoms with van der Waals surface area (Å²) in [6, 6.07) is 11.0. The number of nitrogens with zero attached hydrogens (tertiary/aromatic N) is 4. The molecule has 1 aromatic heterocycles. The number of benzene rings is 2. The van der Waals surface area contributed by atoms with Crippen molar-refractivity contribution in [2.45, 2.75) is 20.4 Å². The molecular weight excluding hydrogens is 365 g/mol. The highest BCUT2D eigenvalue weighted by molar-refractivity contribution is 5.92. The summed E-state index contributed by atoms with van der Waals surface area (Å²) in [5, 5.41) is 14.6. The molecule has 0 bridgehead atoms. The highest BCUT2D eigenvalue weighted by Gasteiger charge is 2.13. The van der Waals surface area contributed by atoms with Gasteiger partial charge in [0.15, 0.2) is 0 Å². The summed E-state index contributed by atoms with van der Waals surface area (Å²) in [6.45, 7) is 4.54. The van der Waals surface area contributed by atoms with E-state index in [1.54, 1.807) is 30.3 Å². The Hall–Kier alpha value is -3.49. The number of nitrogens with one attached hydrogen (secondary N) is 1. The predicted molar refractivity (Wildman–Crippen MR) is 101 cm³/mol. The van der Waals surface area contributed by atoms with Crippen LogP contribution in [0.2, 0.25) is 0 Å². The first-order valence-corrected chi connectivity index (χ1v) is 8.82. The molecule has 0 radical (unpaired) electrons. The van der Waals surface area contributed by atoms with Crippen LogP contribution in [0.15, 0.2) is 42.5 Å². The molecular formula is C19H20FN5O3. The Morgan fingerprint density at radius 1 is 1.14 bits per heavy atom. The van der Waals surface area contributed by atoms with E-state index >= 15 is 0 Å². The molecule has 0 saturated carbocycles. The van der Waals surface area contributed by atoms with Gasteiger partial charge in [-0.3, -0.25) is 4.79 Å². The van der Waals surface area contributed by atoms with Crippen LogP contribution in [0.4, 0.5) is 10.1 Å². The van der Waals surface area contributed by atoms with Gasteiger partial charge < -0.3 is 14.8 Å². The van der Waals surface area contributed by atoms with Gasteiger partial charge >= 0.3 is 0 Å². The van der Waals surface area contributed by atoms with Crippen molar-refractivity contribution in [3.8, 4) is 22.9 Å². The SMILES string of the molecule is CCOc1ccc(OCC)c(NC(=O)Cn2nnc(-c3cccc(F)c3)n2)c1. The molecule has 3 aromatic rings. The molecule has 0 fully saturated rings. The molecule has 3 rings (SSSR count). The van der Waals surface area contributed by atoms with Crippen molar-refractivity contribution in [2.24, 2.45) is 0 Å². The maximum atomic E-state index is 13.3. The molecule has 9 heteroatoms. The molecule has 0 aliphatic rings. The quantitative estimate of drug-likeness (QED) is 0.641. The lowest BCUT2D eigenvalue weighted by atomic mass is 10.2. The van der Waals surface area contributed by atoms with E-state index in [1.807, 2.05) is 13.8 Å². The van der Waals surface area contributed by atoms with Gasteiger partial charge in [-0.2, -0.15) is 4.80 Å². The summed E-state index contributed by atoms with van der Waals surface area (Å²) in [7, 11) is 0. The topological polar surface area (TPSA) is 91.2 Å². The van der Waals surface area contributed by atoms with Gasteiger partial charge in [0.25, 0.3) is 0 Å². The maximum Gasteiger partial charge on any atom is 0.248 e. The van der Waals surface area contributed by atoms with E-state index in [4.69, 9.17) is 9.47 Å². The number of carbonyl (C=O) groups excluding carboxylic acids is 1. The van der Waals surface area contributed by atoms with Crippen LogP contribution in [0, 0.1) is 5.82 Å². The number of tetrazole rings is 1. The van der Waals surface area contributed by atoms with Gasteiger partial charge in [-0.15, -0.1) is 10.2 Å². The van der Waals surface area contributed by atoms with Crippen molar-refractivity contribution in [1.82, 2.24) is 20.2 Å². The fourth-order valence-electron chi connectivity index (χ4n) is 2.52. The molecule has 1 N–H and O–H groups in total. The van der Waals surface area contributed by atoms with Gasteiger partial charge in [-0.25, -0.2) is 4.39 Å². The second kappa shape index (κ2) is 8.94. The van der Waals surface area contributed by atoms with E-state index in [2.05, 4.69) is 20.7 Å². The fourth-order valence-corrected chi connectivity index (χ4v) is 2.52. The summed E-state index contributed by atoms with van der Waals surface area (Å²) in [5.41, 5.74) is 0.970. The zero-order valence-electron chi connectivity index (χ0n) is 15.6. The summed E-state index contributed by atoms with van der Waals surface area (Å²) >= 11 is 0. The van der Waals surface area contributed by atoms with Crippen molar-refractivity contribution < 1.29 is 18.7 Å². The first-order valence-electron chi connectivity index (χ1n) is 8.82. The first kappa shape index (κ1) is 19.3. The van der Waals surface area contributed by atoms with Crippen LogP contribution < -0.4 is 14.8 Å². The lowest BCUT2D eigenvalue weighted by molar-refractivity contribution is -0.117. The molecule has 8 nitrogen and oxygen atoms in total. The number of carbonyl (C=O) groups is 1. The van der Waals surface area contributed by atoms with Crippen LogP contribution >= 0.6 is 0 Å². The summed E-state index contributed by atoms with van der Waals surface area (Å²) < 4.78 is 24.3. The number of ether oxygens (including phenoxy) is 2. The monoisotopic (exact) mass is 385 g/mol. The third kappa shape index (κ3) is 4.81. The third-order valence-electron chi connectivity index (χ3n) is 3.66. The molecule has 0 aliphatic carbocycles. The van der Waals surface area contributed by atoms with Crippen LogP contribution in [-0.2, 0) is 11.3 Å². The van der Waals surface area contributed by atoms with E-state index in [9.17, 15) is 9.18 Å². The minimum absolute atomic E-state index is 0.160. The van der Waals surface area contributed by atoms with Crippen molar-refractivity contribution in [1.29, 1.82) is 0 Å². The average Bonchev–Trinajstić information content (AvgIpc) is 3.12. The van der Waals surface area contributed by atoms with Crippen molar-refractivity contribution >= 4 is 11.6 Å². The Morgan fingerprint density at radius 3 is 2.71 bits per heavy atom. The predicted octanol–water partition coefficient (Wildman–Crippen LogP) is 2.92. The Bertz CT molecular complexity index is 960. The van der Waals surface area contributed by atoms with Crippen LogP contribution in [0.3, 0.4) is 0 Å². The number of amides is 1. The molecule has 0 saturated heterocycles. The Labute approximate surface area is 161 Å². The number of rotatable bonds is 8. The maximum absolute atomic E-state index is 13.3. The molecule has 0 atom stereocenters. The number of halogens is 1. The Kier molecular flexibility index (Phi) is 6.15. The van der Waals surface area contributed by atoms with Crippen LogP contribution in [-0.4, -0.2) is 39.3 Å². The zero-order chi connectivity index (χ0) is 19.9. The van der Waals surface area contributed by atoms with Crippen LogP contribution in [0.1, 0.15) is 13.8 Å². The zero-order valence-corrected chi connectivity index (χ0v) is 15.6. The van der Waals surface area contributed by atoms with Crippen molar-refractivity contribution in [2.75, 3.05) is 18.5 Å². The number of hydrogen-bond acceptors (Lipinski definition) is 6. The number of hydrogen-bond donors (Lipinski definition) is 1. The molecule has 1 amide bonds. The lowest BCUT2D eigenvalue weighted by Crippen LogP contribution is -2.21. The van der Waals surface area contributed by atoms with Crippen LogP contribution in [0.5, 0.6) is 11.5 Å². The highest BCUT2D eigenvalue weighted by atomic mass is 19.1. The largest absolute Gasteiger partial charge is 0.494 e. The second-order valence-electron chi connectivity index (χ2n) is 5.73.